The molecular weight excluding hydrogens is 304 g/mol. The van der Waals surface area contributed by atoms with Gasteiger partial charge in [0.1, 0.15) is 0 Å². The molecule has 3 rings (SSSR count). The number of carbonyl (C=O) groups is 1. The van der Waals surface area contributed by atoms with Crippen LogP contribution in [0.4, 0.5) is 4.79 Å². The van der Waals surface area contributed by atoms with Gasteiger partial charge >= 0.3 is 6.03 Å². The molecule has 0 unspecified atom stereocenters. The number of rotatable bonds is 4. The summed E-state index contributed by atoms with van der Waals surface area (Å²) in [5.41, 5.74) is 0.885. The number of carbonyl (C=O) groups excluding carboxylic acids is 1. The molecule has 1 aliphatic heterocycles. The van der Waals surface area contributed by atoms with Gasteiger partial charge < -0.3 is 20.1 Å². The molecule has 1 saturated carbocycles. The molecule has 132 valence electrons. The second-order valence-corrected chi connectivity index (χ2v) is 6.87. The summed E-state index contributed by atoms with van der Waals surface area (Å²) in [6, 6.07) is 9.82. The lowest BCUT2D eigenvalue weighted by atomic mass is 9.95. The van der Waals surface area contributed by atoms with Gasteiger partial charge in [0.25, 0.3) is 0 Å². The van der Waals surface area contributed by atoms with Crippen molar-refractivity contribution in [2.45, 2.75) is 56.7 Å². The number of nitrogens with zero attached hydrogens (tertiary/aromatic N) is 1. The first-order valence-electron chi connectivity index (χ1n) is 9.12. The van der Waals surface area contributed by atoms with Crippen LogP contribution in [-0.4, -0.2) is 47.9 Å². The van der Waals surface area contributed by atoms with Crippen LogP contribution in [0.5, 0.6) is 0 Å². The van der Waals surface area contributed by atoms with Crippen molar-refractivity contribution in [1.82, 2.24) is 10.2 Å². The van der Waals surface area contributed by atoms with Gasteiger partial charge in [-0.1, -0.05) is 49.6 Å². The third-order valence-corrected chi connectivity index (χ3v) is 5.10. The van der Waals surface area contributed by atoms with Crippen molar-refractivity contribution in [3.05, 3.63) is 35.9 Å². The summed E-state index contributed by atoms with van der Waals surface area (Å²) in [6.07, 6.45) is 5.75. The van der Waals surface area contributed by atoms with Crippen molar-refractivity contribution in [2.75, 3.05) is 19.8 Å². The standard InChI is InChI=1S/C19H28N2O3/c22-18(15-7-3-1-4-8-15)13-17-14-24-12-11-21(17)19(23)20-16-9-5-2-6-10-16/h1,3-4,7-8,16-18,22H,2,5-6,9-14H2,(H,20,23)/t17-,18+/m0/s1. The van der Waals surface area contributed by atoms with Crippen molar-refractivity contribution in [2.24, 2.45) is 0 Å². The number of nitrogens with one attached hydrogen (secondary N) is 1. The number of ether oxygens (including phenoxy) is 1. The largest absolute Gasteiger partial charge is 0.388 e. The molecule has 1 saturated heterocycles. The fourth-order valence-electron chi connectivity index (χ4n) is 3.69. The first-order valence-corrected chi connectivity index (χ1v) is 9.12. The Hall–Kier alpha value is -1.59. The Bertz CT molecular complexity index is 517. The zero-order valence-corrected chi connectivity index (χ0v) is 14.2. The highest BCUT2D eigenvalue weighted by Crippen LogP contribution is 2.23. The first-order chi connectivity index (χ1) is 11.7. The highest BCUT2D eigenvalue weighted by molar-refractivity contribution is 5.75. The van der Waals surface area contributed by atoms with Crippen LogP contribution in [0.1, 0.15) is 50.2 Å². The number of hydrogen-bond donors (Lipinski definition) is 2. The van der Waals surface area contributed by atoms with Gasteiger partial charge in [0.2, 0.25) is 0 Å². The van der Waals surface area contributed by atoms with Gasteiger partial charge in [-0.25, -0.2) is 4.79 Å². The molecule has 5 nitrogen and oxygen atoms in total. The summed E-state index contributed by atoms with van der Waals surface area (Å²) >= 11 is 0. The van der Waals surface area contributed by atoms with Crippen LogP contribution in [0.25, 0.3) is 0 Å². The number of urea groups is 1. The molecular formula is C19H28N2O3. The zero-order chi connectivity index (χ0) is 16.8. The highest BCUT2D eigenvalue weighted by Gasteiger charge is 2.30. The summed E-state index contributed by atoms with van der Waals surface area (Å²) in [6.45, 7) is 1.64. The molecule has 0 spiro atoms. The van der Waals surface area contributed by atoms with Crippen LogP contribution in [0.2, 0.25) is 0 Å². The molecule has 0 aromatic heterocycles. The number of amides is 2. The van der Waals surface area contributed by atoms with E-state index >= 15 is 0 Å². The minimum absolute atomic E-state index is 0.00420. The average molecular weight is 332 g/mol. The van der Waals surface area contributed by atoms with E-state index in [-0.39, 0.29) is 12.1 Å². The molecule has 0 radical (unpaired) electrons. The number of benzene rings is 1. The lowest BCUT2D eigenvalue weighted by molar-refractivity contribution is -0.00761. The average Bonchev–Trinajstić information content (AvgIpc) is 2.63. The van der Waals surface area contributed by atoms with E-state index in [2.05, 4.69) is 5.32 Å². The lowest BCUT2D eigenvalue weighted by Gasteiger charge is -2.38. The Morgan fingerprint density at radius 2 is 2.00 bits per heavy atom. The maximum Gasteiger partial charge on any atom is 0.318 e. The van der Waals surface area contributed by atoms with E-state index in [1.807, 2.05) is 35.2 Å². The Morgan fingerprint density at radius 1 is 1.25 bits per heavy atom. The van der Waals surface area contributed by atoms with Crippen molar-refractivity contribution in [1.29, 1.82) is 0 Å². The van der Waals surface area contributed by atoms with Gasteiger partial charge in [-0.2, -0.15) is 0 Å². The molecule has 24 heavy (non-hydrogen) atoms. The smallest absolute Gasteiger partial charge is 0.318 e. The summed E-state index contributed by atoms with van der Waals surface area (Å²) in [4.78, 5) is 14.5. The quantitative estimate of drug-likeness (QED) is 0.891. The van der Waals surface area contributed by atoms with Crippen LogP contribution in [0.15, 0.2) is 30.3 Å². The number of aliphatic hydroxyl groups excluding tert-OH is 1. The van der Waals surface area contributed by atoms with E-state index < -0.39 is 6.10 Å². The van der Waals surface area contributed by atoms with Gasteiger partial charge in [-0.05, 0) is 18.4 Å². The van der Waals surface area contributed by atoms with Crippen LogP contribution >= 0.6 is 0 Å². The van der Waals surface area contributed by atoms with E-state index in [1.165, 1.54) is 19.3 Å². The molecule has 2 atom stereocenters. The van der Waals surface area contributed by atoms with Crippen LogP contribution in [-0.2, 0) is 4.74 Å². The highest BCUT2D eigenvalue weighted by atomic mass is 16.5. The maximum atomic E-state index is 12.7. The fourth-order valence-corrected chi connectivity index (χ4v) is 3.69. The van der Waals surface area contributed by atoms with Crippen LogP contribution < -0.4 is 5.32 Å². The minimum Gasteiger partial charge on any atom is -0.388 e. The molecule has 1 heterocycles. The van der Waals surface area contributed by atoms with Crippen LogP contribution in [0.3, 0.4) is 0 Å². The lowest BCUT2D eigenvalue weighted by Crippen LogP contribution is -2.54. The van der Waals surface area contributed by atoms with Crippen molar-refractivity contribution in [3.8, 4) is 0 Å². The predicted molar refractivity (Wildman–Crippen MR) is 92.7 cm³/mol. The summed E-state index contributed by atoms with van der Waals surface area (Å²) < 4.78 is 5.56. The Labute approximate surface area is 144 Å². The molecule has 1 aromatic carbocycles. The van der Waals surface area contributed by atoms with Gasteiger partial charge in [-0.3, -0.25) is 0 Å². The second-order valence-electron chi connectivity index (χ2n) is 6.87. The predicted octanol–water partition coefficient (Wildman–Crippen LogP) is 2.85. The second kappa shape index (κ2) is 8.49. The molecule has 5 heteroatoms. The van der Waals surface area contributed by atoms with Gasteiger partial charge in [0.05, 0.1) is 25.4 Å². The monoisotopic (exact) mass is 332 g/mol. The third-order valence-electron chi connectivity index (χ3n) is 5.10. The Kier molecular flexibility index (Phi) is 6.10. The van der Waals surface area contributed by atoms with Crippen molar-refractivity contribution >= 4 is 6.03 Å². The van der Waals surface area contributed by atoms with Gasteiger partial charge in [0.15, 0.2) is 0 Å². The van der Waals surface area contributed by atoms with E-state index in [9.17, 15) is 9.90 Å². The number of morpholine rings is 1. The van der Waals surface area contributed by atoms with Gasteiger partial charge in [0, 0.05) is 19.0 Å². The maximum absolute atomic E-state index is 12.7. The van der Waals surface area contributed by atoms with E-state index in [4.69, 9.17) is 4.74 Å². The van der Waals surface area contributed by atoms with E-state index in [1.54, 1.807) is 0 Å². The van der Waals surface area contributed by atoms with Crippen molar-refractivity contribution < 1.29 is 14.6 Å². The topological polar surface area (TPSA) is 61.8 Å². The molecule has 2 amide bonds. The molecule has 0 bridgehead atoms. The minimum atomic E-state index is -0.581. The molecule has 1 aromatic rings. The van der Waals surface area contributed by atoms with E-state index in [0.29, 0.717) is 32.2 Å². The zero-order valence-electron chi connectivity index (χ0n) is 14.2. The third kappa shape index (κ3) is 4.48. The Balaban J connectivity index is 1.59. The normalized spacial score (nSPS) is 23.7. The van der Waals surface area contributed by atoms with E-state index in [0.717, 1.165) is 18.4 Å². The summed E-state index contributed by atoms with van der Waals surface area (Å²) in [5, 5.41) is 13.7. The van der Waals surface area contributed by atoms with Crippen LogP contribution in [0, 0.1) is 0 Å². The molecule has 2 aliphatic rings. The SMILES string of the molecule is O=C(NC1CCCCC1)N1CCOC[C@@H]1C[C@@H](O)c1ccccc1. The summed E-state index contributed by atoms with van der Waals surface area (Å²) in [5.74, 6) is 0. The summed E-state index contributed by atoms with van der Waals surface area (Å²) in [7, 11) is 0. The molecule has 1 aliphatic carbocycles. The fraction of sp³-hybridized carbons (Fsp3) is 0.632. The molecule has 2 fully saturated rings. The number of hydrogen-bond acceptors (Lipinski definition) is 3. The van der Waals surface area contributed by atoms with Gasteiger partial charge in [-0.15, -0.1) is 0 Å². The molecule has 2 N–H and O–H groups in total. The Morgan fingerprint density at radius 3 is 2.75 bits per heavy atom. The first kappa shape index (κ1) is 17.2. The van der Waals surface area contributed by atoms with Crippen molar-refractivity contribution in [3.63, 3.8) is 0 Å². The number of aliphatic hydroxyl groups is 1.